The van der Waals surface area contributed by atoms with Crippen LogP contribution < -0.4 is 15.2 Å². The minimum atomic E-state index is -3.59. The number of anilines is 1. The highest BCUT2D eigenvalue weighted by Gasteiger charge is 2.21. The van der Waals surface area contributed by atoms with E-state index in [1.54, 1.807) is 19.1 Å². The average Bonchev–Trinajstić information content (AvgIpc) is 2.28. The molecule has 6 heteroatoms. The van der Waals surface area contributed by atoms with Crippen molar-refractivity contribution in [1.29, 1.82) is 0 Å². The summed E-state index contributed by atoms with van der Waals surface area (Å²) in [5.74, 6) is 0.287. The van der Waals surface area contributed by atoms with Gasteiger partial charge in [0, 0.05) is 11.7 Å². The number of rotatable bonds is 5. The van der Waals surface area contributed by atoms with E-state index < -0.39 is 10.0 Å². The van der Waals surface area contributed by atoms with Crippen molar-refractivity contribution >= 4 is 15.7 Å². The molecule has 1 aromatic carbocycles. The predicted octanol–water partition coefficient (Wildman–Crippen LogP) is 1.35. The van der Waals surface area contributed by atoms with Crippen LogP contribution in [-0.2, 0) is 10.0 Å². The van der Waals surface area contributed by atoms with Crippen LogP contribution >= 0.6 is 0 Å². The number of sulfonamides is 1. The molecule has 3 N–H and O–H groups in total. The maximum Gasteiger partial charge on any atom is 0.244 e. The zero-order chi connectivity index (χ0) is 13.1. The molecule has 0 bridgehead atoms. The van der Waals surface area contributed by atoms with E-state index in [-0.39, 0.29) is 16.7 Å². The van der Waals surface area contributed by atoms with Crippen molar-refractivity contribution in [3.8, 4) is 5.75 Å². The SMILES string of the molecule is CCC(C)NS(=O)(=O)c1cc(N)ccc1OC. The second-order valence-corrected chi connectivity index (χ2v) is 5.52. The Morgan fingerprint density at radius 2 is 2.12 bits per heavy atom. The Morgan fingerprint density at radius 1 is 1.47 bits per heavy atom. The molecular weight excluding hydrogens is 240 g/mol. The van der Waals surface area contributed by atoms with Crippen LogP contribution in [0.4, 0.5) is 5.69 Å². The largest absolute Gasteiger partial charge is 0.495 e. The third-order valence-electron chi connectivity index (χ3n) is 2.45. The highest BCUT2D eigenvalue weighted by molar-refractivity contribution is 7.89. The van der Waals surface area contributed by atoms with Gasteiger partial charge in [0.15, 0.2) is 0 Å². The molecule has 1 aromatic rings. The van der Waals surface area contributed by atoms with Crippen LogP contribution in [0.15, 0.2) is 23.1 Å². The molecule has 0 radical (unpaired) electrons. The standard InChI is InChI=1S/C11H18N2O3S/c1-4-8(2)13-17(14,15)11-7-9(12)5-6-10(11)16-3/h5-8,13H,4,12H2,1-3H3. The lowest BCUT2D eigenvalue weighted by molar-refractivity contribution is 0.402. The molecule has 0 saturated carbocycles. The normalized spacial score (nSPS) is 13.4. The lowest BCUT2D eigenvalue weighted by Crippen LogP contribution is -2.32. The van der Waals surface area contributed by atoms with Gasteiger partial charge in [-0.15, -0.1) is 0 Å². The van der Waals surface area contributed by atoms with Gasteiger partial charge in [-0.1, -0.05) is 6.92 Å². The third kappa shape index (κ3) is 3.34. The lowest BCUT2D eigenvalue weighted by Gasteiger charge is -2.14. The summed E-state index contributed by atoms with van der Waals surface area (Å²) in [6, 6.07) is 4.40. The van der Waals surface area contributed by atoms with Crippen molar-refractivity contribution in [1.82, 2.24) is 4.72 Å². The van der Waals surface area contributed by atoms with Crippen LogP contribution in [0.1, 0.15) is 20.3 Å². The van der Waals surface area contributed by atoms with Gasteiger partial charge in [-0.2, -0.15) is 0 Å². The molecule has 0 fully saturated rings. The number of ether oxygens (including phenoxy) is 1. The summed E-state index contributed by atoms with van der Waals surface area (Å²) in [6.07, 6.45) is 0.712. The molecule has 0 aliphatic heterocycles. The van der Waals surface area contributed by atoms with E-state index in [0.717, 1.165) is 0 Å². The molecule has 0 aliphatic carbocycles. The monoisotopic (exact) mass is 258 g/mol. The smallest absolute Gasteiger partial charge is 0.244 e. The van der Waals surface area contributed by atoms with Gasteiger partial charge in [0.25, 0.3) is 0 Å². The van der Waals surface area contributed by atoms with Crippen molar-refractivity contribution in [2.45, 2.75) is 31.2 Å². The molecule has 96 valence electrons. The van der Waals surface area contributed by atoms with Crippen molar-refractivity contribution in [2.75, 3.05) is 12.8 Å². The van der Waals surface area contributed by atoms with E-state index in [0.29, 0.717) is 12.1 Å². The fourth-order valence-electron chi connectivity index (χ4n) is 1.31. The zero-order valence-corrected chi connectivity index (χ0v) is 11.0. The lowest BCUT2D eigenvalue weighted by atomic mass is 10.3. The molecular formula is C11H18N2O3S. The predicted molar refractivity (Wildman–Crippen MR) is 67.5 cm³/mol. The Hall–Kier alpha value is -1.27. The summed E-state index contributed by atoms with van der Waals surface area (Å²) >= 11 is 0. The van der Waals surface area contributed by atoms with E-state index in [2.05, 4.69) is 4.72 Å². The molecule has 0 amide bonds. The summed E-state index contributed by atoms with van der Waals surface area (Å²) in [5, 5.41) is 0. The van der Waals surface area contributed by atoms with Crippen LogP contribution in [0.2, 0.25) is 0 Å². The Morgan fingerprint density at radius 3 is 2.65 bits per heavy atom. The van der Waals surface area contributed by atoms with Gasteiger partial charge >= 0.3 is 0 Å². The van der Waals surface area contributed by atoms with Gasteiger partial charge < -0.3 is 10.5 Å². The molecule has 1 rings (SSSR count). The van der Waals surface area contributed by atoms with Crippen LogP contribution in [0, 0.1) is 0 Å². The Bertz CT molecular complexity index is 485. The Balaban J connectivity index is 3.18. The fourth-order valence-corrected chi connectivity index (χ4v) is 2.85. The summed E-state index contributed by atoms with van der Waals surface area (Å²) < 4.78 is 31.8. The number of nitrogens with one attached hydrogen (secondary N) is 1. The summed E-state index contributed by atoms with van der Waals surface area (Å²) in [7, 11) is -2.17. The number of hydrogen-bond acceptors (Lipinski definition) is 4. The molecule has 1 unspecified atom stereocenters. The van der Waals surface area contributed by atoms with Crippen LogP contribution in [0.25, 0.3) is 0 Å². The number of benzene rings is 1. The molecule has 0 saturated heterocycles. The molecule has 17 heavy (non-hydrogen) atoms. The fraction of sp³-hybridized carbons (Fsp3) is 0.455. The molecule has 0 aromatic heterocycles. The number of methoxy groups -OCH3 is 1. The van der Waals surface area contributed by atoms with E-state index in [1.165, 1.54) is 13.2 Å². The summed E-state index contributed by atoms with van der Waals surface area (Å²) in [6.45, 7) is 3.71. The second-order valence-electron chi connectivity index (χ2n) is 3.84. The average molecular weight is 258 g/mol. The number of hydrogen-bond donors (Lipinski definition) is 2. The topological polar surface area (TPSA) is 81.4 Å². The second kappa shape index (κ2) is 5.37. The van der Waals surface area contributed by atoms with Crippen molar-refractivity contribution in [3.63, 3.8) is 0 Å². The van der Waals surface area contributed by atoms with Gasteiger partial charge in [0.2, 0.25) is 10.0 Å². The minimum Gasteiger partial charge on any atom is -0.495 e. The zero-order valence-electron chi connectivity index (χ0n) is 10.2. The van der Waals surface area contributed by atoms with Gasteiger partial charge in [0.1, 0.15) is 10.6 Å². The van der Waals surface area contributed by atoms with E-state index in [1.807, 2.05) is 6.92 Å². The van der Waals surface area contributed by atoms with Crippen LogP contribution in [0.3, 0.4) is 0 Å². The number of nitrogen functional groups attached to an aromatic ring is 1. The first-order chi connectivity index (χ1) is 7.90. The Kier molecular flexibility index (Phi) is 4.36. The van der Waals surface area contributed by atoms with E-state index in [4.69, 9.17) is 10.5 Å². The first-order valence-electron chi connectivity index (χ1n) is 5.36. The number of nitrogens with two attached hydrogens (primary N) is 1. The van der Waals surface area contributed by atoms with Gasteiger partial charge in [-0.05, 0) is 31.5 Å². The van der Waals surface area contributed by atoms with Crippen molar-refractivity contribution in [3.05, 3.63) is 18.2 Å². The maximum absolute atomic E-state index is 12.1. The minimum absolute atomic E-state index is 0.0697. The molecule has 0 spiro atoms. The van der Waals surface area contributed by atoms with Crippen molar-refractivity contribution < 1.29 is 13.2 Å². The van der Waals surface area contributed by atoms with E-state index in [9.17, 15) is 8.42 Å². The van der Waals surface area contributed by atoms with Gasteiger partial charge in [-0.25, -0.2) is 13.1 Å². The third-order valence-corrected chi connectivity index (χ3v) is 4.06. The maximum atomic E-state index is 12.1. The molecule has 0 aliphatic rings. The van der Waals surface area contributed by atoms with Crippen LogP contribution in [-0.4, -0.2) is 21.6 Å². The Labute approximate surface area is 102 Å². The highest BCUT2D eigenvalue weighted by atomic mass is 32.2. The summed E-state index contributed by atoms with van der Waals surface area (Å²) in [4.78, 5) is 0.0697. The van der Waals surface area contributed by atoms with E-state index >= 15 is 0 Å². The first-order valence-corrected chi connectivity index (χ1v) is 6.85. The van der Waals surface area contributed by atoms with Gasteiger partial charge in [0.05, 0.1) is 7.11 Å². The molecule has 0 heterocycles. The highest BCUT2D eigenvalue weighted by Crippen LogP contribution is 2.25. The molecule has 5 nitrogen and oxygen atoms in total. The van der Waals surface area contributed by atoms with Crippen molar-refractivity contribution in [2.24, 2.45) is 0 Å². The summed E-state index contributed by atoms with van der Waals surface area (Å²) in [5.41, 5.74) is 5.98. The quantitative estimate of drug-likeness (QED) is 0.781. The molecule has 1 atom stereocenters. The van der Waals surface area contributed by atoms with Gasteiger partial charge in [-0.3, -0.25) is 0 Å². The van der Waals surface area contributed by atoms with Crippen LogP contribution in [0.5, 0.6) is 5.75 Å². The first kappa shape index (κ1) is 13.8.